The molecule has 0 saturated carbocycles. The number of rotatable bonds is 4. The van der Waals surface area contributed by atoms with Gasteiger partial charge >= 0.3 is 0 Å². The van der Waals surface area contributed by atoms with E-state index in [0.29, 0.717) is 0 Å². The number of alkyl halides is 1. The maximum Gasteiger partial charge on any atom is 0.265 e. The van der Waals surface area contributed by atoms with Gasteiger partial charge in [0.05, 0.1) is 0 Å². The van der Waals surface area contributed by atoms with Crippen LogP contribution in [0.5, 0.6) is 0 Å². The molecule has 0 N–H and O–H groups in total. The van der Waals surface area contributed by atoms with Crippen LogP contribution in [0.15, 0.2) is 5.10 Å². The molecule has 13 heavy (non-hydrogen) atoms. The summed E-state index contributed by atoms with van der Waals surface area (Å²) in [7, 11) is 0. The van der Waals surface area contributed by atoms with Gasteiger partial charge in [-0.05, 0) is 20.3 Å². The molecule has 4 heteroatoms. The van der Waals surface area contributed by atoms with E-state index < -0.39 is 6.42 Å². The monoisotopic (exact) mass is 187 g/mol. The largest absolute Gasteiger partial charge is 0.313 e. The smallest absolute Gasteiger partial charge is 0.265 e. The first-order chi connectivity index (χ1) is 6.16. The highest BCUT2D eigenvalue weighted by molar-refractivity contribution is 5.56. The van der Waals surface area contributed by atoms with Crippen LogP contribution in [0.3, 0.4) is 0 Å². The van der Waals surface area contributed by atoms with Gasteiger partial charge in [-0.3, -0.25) is 0 Å². The zero-order valence-corrected chi connectivity index (χ0v) is 8.57. The van der Waals surface area contributed by atoms with Gasteiger partial charge in [0, 0.05) is 12.6 Å². The summed E-state index contributed by atoms with van der Waals surface area (Å²) in [4.78, 5) is 1.64. The third-order valence-corrected chi connectivity index (χ3v) is 2.12. The quantitative estimate of drug-likeness (QED) is 0.627. The van der Waals surface area contributed by atoms with E-state index in [1.165, 1.54) is 5.01 Å². The molecule has 3 nitrogen and oxygen atoms in total. The molecule has 0 aromatic rings. The third-order valence-electron chi connectivity index (χ3n) is 2.12. The molecule has 0 saturated heterocycles. The van der Waals surface area contributed by atoms with Crippen molar-refractivity contribution in [1.82, 2.24) is 9.91 Å². The second-order valence-electron chi connectivity index (χ2n) is 3.61. The van der Waals surface area contributed by atoms with Gasteiger partial charge in [0.1, 0.15) is 6.34 Å². The van der Waals surface area contributed by atoms with E-state index in [0.717, 1.165) is 19.4 Å². The average molecular weight is 187 g/mol. The molecule has 1 unspecified atom stereocenters. The first-order valence-corrected chi connectivity index (χ1v) is 4.89. The number of nitrogens with zero attached hydrogens (tertiary/aromatic N) is 3. The number of hydrazone groups is 1. The lowest BCUT2D eigenvalue weighted by Gasteiger charge is -2.26. The zero-order valence-electron chi connectivity index (χ0n) is 8.57. The van der Waals surface area contributed by atoms with E-state index in [2.05, 4.69) is 12.0 Å². The summed E-state index contributed by atoms with van der Waals surface area (Å²) in [6.45, 7) is 6.73. The van der Waals surface area contributed by atoms with E-state index in [-0.39, 0.29) is 6.04 Å². The summed E-state index contributed by atoms with van der Waals surface area (Å²) >= 11 is 0. The van der Waals surface area contributed by atoms with E-state index in [1.807, 2.05) is 13.8 Å². The first kappa shape index (κ1) is 10.3. The van der Waals surface area contributed by atoms with Crippen LogP contribution in [-0.2, 0) is 0 Å². The normalized spacial score (nSPS) is 22.1. The molecule has 0 radical (unpaired) electrons. The minimum atomic E-state index is -1.06. The van der Waals surface area contributed by atoms with Gasteiger partial charge < -0.3 is 4.90 Å². The lowest BCUT2D eigenvalue weighted by atomic mass is 10.3. The predicted octanol–water partition coefficient (Wildman–Crippen LogP) is 2.01. The Kier molecular flexibility index (Phi) is 3.51. The third kappa shape index (κ3) is 2.32. The van der Waals surface area contributed by atoms with Crippen molar-refractivity contribution in [2.45, 2.75) is 46.1 Å². The summed E-state index contributed by atoms with van der Waals surface area (Å²) in [6, 6.07) is 0.123. The van der Waals surface area contributed by atoms with Gasteiger partial charge in [-0.25, -0.2) is 5.01 Å². The Morgan fingerprint density at radius 2 is 2.23 bits per heavy atom. The van der Waals surface area contributed by atoms with Gasteiger partial charge in [-0.2, -0.15) is 9.49 Å². The zero-order chi connectivity index (χ0) is 9.84. The number of hydrogen-bond acceptors (Lipinski definition) is 3. The van der Waals surface area contributed by atoms with E-state index in [1.54, 1.807) is 11.2 Å². The van der Waals surface area contributed by atoms with Crippen LogP contribution >= 0.6 is 0 Å². The Hall–Kier alpha value is -0.800. The minimum Gasteiger partial charge on any atom is -0.313 e. The van der Waals surface area contributed by atoms with Crippen molar-refractivity contribution in [3.63, 3.8) is 0 Å². The van der Waals surface area contributed by atoms with Gasteiger partial charge in [0.25, 0.3) is 6.42 Å². The van der Waals surface area contributed by atoms with E-state index >= 15 is 0 Å². The minimum absolute atomic E-state index is 0.123. The standard InChI is InChI=1S/C9H18FN3/c1-4-5-6-12-7-11-13(8(2)3)9(12)10/h7-9H,4-6H2,1-3H3. The summed E-state index contributed by atoms with van der Waals surface area (Å²) in [5.41, 5.74) is 0. The Bertz CT molecular complexity index is 182. The fourth-order valence-corrected chi connectivity index (χ4v) is 1.27. The Labute approximate surface area is 79.2 Å². The molecule has 1 atom stereocenters. The second kappa shape index (κ2) is 4.44. The summed E-state index contributed by atoms with van der Waals surface area (Å²) in [6.07, 6.45) is 2.63. The molecule has 0 aromatic heterocycles. The topological polar surface area (TPSA) is 18.8 Å². The highest BCUT2D eigenvalue weighted by Crippen LogP contribution is 2.17. The average Bonchev–Trinajstić information content (AvgIpc) is 2.43. The Balaban J connectivity index is 2.41. The molecule has 0 spiro atoms. The summed E-state index contributed by atoms with van der Waals surface area (Å²) < 4.78 is 13.6. The highest BCUT2D eigenvalue weighted by atomic mass is 19.1. The van der Waals surface area contributed by atoms with E-state index in [4.69, 9.17) is 0 Å². The van der Waals surface area contributed by atoms with Crippen molar-refractivity contribution in [3.8, 4) is 0 Å². The molecule has 0 aromatic carbocycles. The molecule has 1 rings (SSSR count). The highest BCUT2D eigenvalue weighted by Gasteiger charge is 2.28. The van der Waals surface area contributed by atoms with Gasteiger partial charge in [-0.15, -0.1) is 0 Å². The molecule has 76 valence electrons. The summed E-state index contributed by atoms with van der Waals surface area (Å²) in [5.74, 6) is 0. The van der Waals surface area contributed by atoms with Gasteiger partial charge in [-0.1, -0.05) is 13.3 Å². The van der Waals surface area contributed by atoms with Crippen LogP contribution in [0.2, 0.25) is 0 Å². The molecule has 1 heterocycles. The summed E-state index contributed by atoms with van der Waals surface area (Å²) in [5, 5.41) is 5.49. The van der Waals surface area contributed by atoms with Crippen LogP contribution < -0.4 is 0 Å². The van der Waals surface area contributed by atoms with Crippen molar-refractivity contribution in [1.29, 1.82) is 0 Å². The van der Waals surface area contributed by atoms with Gasteiger partial charge in [0.15, 0.2) is 0 Å². The number of unbranched alkanes of at least 4 members (excludes halogenated alkanes) is 1. The van der Waals surface area contributed by atoms with Crippen molar-refractivity contribution in [2.24, 2.45) is 5.10 Å². The van der Waals surface area contributed by atoms with Gasteiger partial charge in [0.2, 0.25) is 0 Å². The molecule has 0 fully saturated rings. The SMILES string of the molecule is CCCCN1C=NN(C(C)C)C1F. The Morgan fingerprint density at radius 3 is 2.69 bits per heavy atom. The molecule has 0 aliphatic carbocycles. The van der Waals surface area contributed by atoms with Crippen molar-refractivity contribution >= 4 is 6.34 Å². The fraction of sp³-hybridized carbons (Fsp3) is 0.889. The number of halogens is 1. The van der Waals surface area contributed by atoms with Crippen LogP contribution in [0.1, 0.15) is 33.6 Å². The van der Waals surface area contributed by atoms with Crippen LogP contribution in [0.25, 0.3) is 0 Å². The van der Waals surface area contributed by atoms with Crippen LogP contribution in [0, 0.1) is 0 Å². The van der Waals surface area contributed by atoms with E-state index in [9.17, 15) is 4.39 Å². The van der Waals surface area contributed by atoms with Crippen molar-refractivity contribution in [3.05, 3.63) is 0 Å². The molecule has 0 amide bonds. The van der Waals surface area contributed by atoms with Crippen LogP contribution in [0.4, 0.5) is 4.39 Å². The Morgan fingerprint density at radius 1 is 1.54 bits per heavy atom. The fourth-order valence-electron chi connectivity index (χ4n) is 1.27. The molecule has 0 bridgehead atoms. The maximum absolute atomic E-state index is 13.6. The van der Waals surface area contributed by atoms with Crippen LogP contribution in [-0.4, -0.2) is 35.3 Å². The predicted molar refractivity (Wildman–Crippen MR) is 52.0 cm³/mol. The first-order valence-electron chi connectivity index (χ1n) is 4.89. The van der Waals surface area contributed by atoms with Crippen molar-refractivity contribution < 1.29 is 4.39 Å². The van der Waals surface area contributed by atoms with Crippen molar-refractivity contribution in [2.75, 3.05) is 6.54 Å². The molecule has 1 aliphatic rings. The maximum atomic E-state index is 13.6. The number of hydrogen-bond donors (Lipinski definition) is 0. The molecular formula is C9H18FN3. The lowest BCUT2D eigenvalue weighted by molar-refractivity contribution is -0.00491. The molecular weight excluding hydrogens is 169 g/mol. The molecule has 1 aliphatic heterocycles. The second-order valence-corrected chi connectivity index (χ2v) is 3.61. The lowest BCUT2D eigenvalue weighted by Crippen LogP contribution is -2.39.